The molecule has 0 aromatic heterocycles. The summed E-state index contributed by atoms with van der Waals surface area (Å²) < 4.78 is 11.1. The van der Waals surface area contributed by atoms with Gasteiger partial charge in [0.05, 0.1) is 19.8 Å². The number of hydrogen-bond acceptors (Lipinski definition) is 8. The lowest BCUT2D eigenvalue weighted by Crippen LogP contribution is -2.48. The fourth-order valence-corrected chi connectivity index (χ4v) is 3.60. The minimum Gasteiger partial charge on any atom is -0.488 e. The summed E-state index contributed by atoms with van der Waals surface area (Å²) in [5.41, 5.74) is 1.64. The third-order valence-electron chi connectivity index (χ3n) is 5.36. The minimum atomic E-state index is -1.99. The van der Waals surface area contributed by atoms with Crippen LogP contribution < -0.4 is 4.74 Å². The zero-order valence-electron chi connectivity index (χ0n) is 17.3. The lowest BCUT2D eigenvalue weighted by molar-refractivity contribution is -0.105. The summed E-state index contributed by atoms with van der Waals surface area (Å²) in [6, 6.07) is 11.9. The predicted octanol–water partition coefficient (Wildman–Crippen LogP) is 1.35. The highest BCUT2D eigenvalue weighted by atomic mass is 35.5. The van der Waals surface area contributed by atoms with E-state index in [9.17, 15) is 25.2 Å². The van der Waals surface area contributed by atoms with Crippen molar-refractivity contribution in [1.29, 1.82) is 0 Å². The van der Waals surface area contributed by atoms with Gasteiger partial charge in [0.2, 0.25) is 0 Å². The topological polar surface area (TPSA) is 137 Å². The molecule has 1 aliphatic rings. The molecule has 1 heterocycles. The standard InChI is InChI=1S/C23H27ClO8.CH4/c24-18-6-3-14(20(27)22(29)23(30)21(28)19(26)11-25)10-15(18)9-13-1-4-16(5-2-13)32-17-7-8-31-12-17;/h1-6,10,17,19,21-23,25-26,28-30H,7-9,11-12H2;1H4/t17-,19+,21+,22-,23-;/m0./s1. The molecule has 1 fully saturated rings. The summed E-state index contributed by atoms with van der Waals surface area (Å²) in [6.45, 7) is 0.445. The van der Waals surface area contributed by atoms with Gasteiger partial charge >= 0.3 is 0 Å². The number of rotatable bonds is 10. The Labute approximate surface area is 198 Å². The second-order valence-electron chi connectivity index (χ2n) is 7.77. The summed E-state index contributed by atoms with van der Waals surface area (Å²) in [4.78, 5) is 12.6. The van der Waals surface area contributed by atoms with Gasteiger partial charge in [-0.2, -0.15) is 0 Å². The zero-order valence-corrected chi connectivity index (χ0v) is 18.1. The lowest BCUT2D eigenvalue weighted by atomic mass is 9.94. The summed E-state index contributed by atoms with van der Waals surface area (Å²) in [5, 5.41) is 48.6. The number of aliphatic hydroxyl groups is 5. The monoisotopic (exact) mass is 482 g/mol. The van der Waals surface area contributed by atoms with Crippen LogP contribution in [0.25, 0.3) is 0 Å². The number of benzene rings is 2. The van der Waals surface area contributed by atoms with Crippen LogP contribution in [-0.2, 0) is 11.2 Å². The molecule has 9 heteroatoms. The second-order valence-corrected chi connectivity index (χ2v) is 8.18. The van der Waals surface area contributed by atoms with Gasteiger partial charge in [-0.25, -0.2) is 0 Å². The highest BCUT2D eigenvalue weighted by Gasteiger charge is 2.34. The van der Waals surface area contributed by atoms with E-state index in [0.717, 1.165) is 17.7 Å². The highest BCUT2D eigenvalue weighted by molar-refractivity contribution is 6.31. The van der Waals surface area contributed by atoms with E-state index in [1.54, 1.807) is 0 Å². The first kappa shape index (κ1) is 27.2. The van der Waals surface area contributed by atoms with Crippen molar-refractivity contribution in [3.8, 4) is 5.75 Å². The maximum absolute atomic E-state index is 12.6. The van der Waals surface area contributed by atoms with E-state index in [1.165, 1.54) is 18.2 Å². The van der Waals surface area contributed by atoms with Crippen LogP contribution in [0.5, 0.6) is 5.75 Å². The Morgan fingerprint density at radius 1 is 1.09 bits per heavy atom. The molecule has 5 N–H and O–H groups in total. The van der Waals surface area contributed by atoms with Crippen molar-refractivity contribution < 1.29 is 39.8 Å². The van der Waals surface area contributed by atoms with Crippen LogP contribution in [0, 0.1) is 0 Å². The first-order valence-corrected chi connectivity index (χ1v) is 10.7. The molecule has 0 saturated carbocycles. The molecule has 8 nitrogen and oxygen atoms in total. The number of aliphatic hydroxyl groups excluding tert-OH is 5. The average Bonchev–Trinajstić information content (AvgIpc) is 3.32. The maximum atomic E-state index is 12.6. The first-order chi connectivity index (χ1) is 15.3. The summed E-state index contributed by atoms with van der Waals surface area (Å²) in [7, 11) is 0. The van der Waals surface area contributed by atoms with Crippen molar-refractivity contribution in [3.63, 3.8) is 0 Å². The molecule has 2 aromatic carbocycles. The van der Waals surface area contributed by atoms with Crippen LogP contribution in [0.1, 0.15) is 35.3 Å². The van der Waals surface area contributed by atoms with E-state index in [4.69, 9.17) is 26.2 Å². The molecule has 3 rings (SSSR count). The number of ketones is 1. The Morgan fingerprint density at radius 3 is 2.39 bits per heavy atom. The smallest absolute Gasteiger partial charge is 0.194 e. The molecule has 5 atom stereocenters. The normalized spacial score (nSPS) is 19.3. The van der Waals surface area contributed by atoms with Gasteiger partial charge in [-0.05, 0) is 47.9 Å². The van der Waals surface area contributed by atoms with Crippen molar-refractivity contribution in [3.05, 3.63) is 64.2 Å². The Bertz CT molecular complexity index is 898. The fraction of sp³-hybridized carbons (Fsp3) is 0.458. The van der Waals surface area contributed by atoms with Gasteiger partial charge in [0.15, 0.2) is 5.78 Å². The number of halogens is 1. The summed E-state index contributed by atoms with van der Waals surface area (Å²) in [6.07, 6.45) is -6.22. The number of carbonyl (C=O) groups is 1. The number of hydrogen-bond donors (Lipinski definition) is 5. The highest BCUT2D eigenvalue weighted by Crippen LogP contribution is 2.24. The molecular formula is C24H31ClO8. The third kappa shape index (κ3) is 6.97. The van der Waals surface area contributed by atoms with Crippen LogP contribution >= 0.6 is 11.6 Å². The molecule has 0 unspecified atom stereocenters. The lowest BCUT2D eigenvalue weighted by Gasteiger charge is -2.25. The molecule has 182 valence electrons. The summed E-state index contributed by atoms with van der Waals surface area (Å²) in [5.74, 6) is -0.109. The molecule has 0 aliphatic carbocycles. The van der Waals surface area contributed by atoms with Crippen molar-refractivity contribution in [2.75, 3.05) is 19.8 Å². The molecule has 0 spiro atoms. The fourth-order valence-electron chi connectivity index (χ4n) is 3.42. The molecule has 33 heavy (non-hydrogen) atoms. The molecule has 1 aliphatic heterocycles. The number of ether oxygens (including phenoxy) is 2. The van der Waals surface area contributed by atoms with Crippen LogP contribution in [0.2, 0.25) is 5.02 Å². The van der Waals surface area contributed by atoms with Gasteiger partial charge < -0.3 is 35.0 Å². The largest absolute Gasteiger partial charge is 0.488 e. The third-order valence-corrected chi connectivity index (χ3v) is 5.73. The average molecular weight is 483 g/mol. The first-order valence-electron chi connectivity index (χ1n) is 10.3. The Kier molecular flexibility index (Phi) is 10.2. The Balaban J connectivity index is 0.00000385. The van der Waals surface area contributed by atoms with E-state index in [0.29, 0.717) is 30.2 Å². The number of Topliss-reactive ketones (excluding diaryl/α,β-unsaturated/α-hetero) is 1. The van der Waals surface area contributed by atoms with Crippen molar-refractivity contribution >= 4 is 17.4 Å². The van der Waals surface area contributed by atoms with E-state index < -0.39 is 36.8 Å². The Morgan fingerprint density at radius 2 is 1.79 bits per heavy atom. The van der Waals surface area contributed by atoms with Crippen LogP contribution in [0.15, 0.2) is 42.5 Å². The molecular weight excluding hydrogens is 452 g/mol. The number of carbonyl (C=O) groups excluding carboxylic acids is 1. The quantitative estimate of drug-likeness (QED) is 0.320. The van der Waals surface area contributed by atoms with Crippen LogP contribution in [0.3, 0.4) is 0 Å². The van der Waals surface area contributed by atoms with Crippen LogP contribution in [0.4, 0.5) is 0 Å². The molecule has 2 aromatic rings. The zero-order chi connectivity index (χ0) is 23.3. The molecule has 1 saturated heterocycles. The van der Waals surface area contributed by atoms with E-state index in [-0.39, 0.29) is 19.1 Å². The predicted molar refractivity (Wildman–Crippen MR) is 123 cm³/mol. The summed E-state index contributed by atoms with van der Waals surface area (Å²) >= 11 is 6.29. The Hall–Kier alpha value is -2.04. The van der Waals surface area contributed by atoms with Crippen LogP contribution in [-0.4, -0.2) is 81.7 Å². The van der Waals surface area contributed by atoms with Crippen molar-refractivity contribution in [1.82, 2.24) is 0 Å². The maximum Gasteiger partial charge on any atom is 0.194 e. The van der Waals surface area contributed by atoms with Gasteiger partial charge in [-0.15, -0.1) is 0 Å². The van der Waals surface area contributed by atoms with E-state index >= 15 is 0 Å². The van der Waals surface area contributed by atoms with Gasteiger partial charge in [-0.1, -0.05) is 31.2 Å². The van der Waals surface area contributed by atoms with Crippen molar-refractivity contribution in [2.45, 2.75) is 50.8 Å². The van der Waals surface area contributed by atoms with E-state index in [2.05, 4.69) is 0 Å². The molecule has 0 amide bonds. The minimum absolute atomic E-state index is 0. The molecule has 0 bridgehead atoms. The van der Waals surface area contributed by atoms with Crippen molar-refractivity contribution in [2.24, 2.45) is 0 Å². The SMILES string of the molecule is C.O=C(c1ccc(Cl)c(Cc2ccc(O[C@H]3CCOC3)cc2)c1)[C@H](O)[C@@H](O)[C@H](O)[C@H](O)CO. The van der Waals surface area contributed by atoms with Gasteiger partial charge in [0, 0.05) is 17.0 Å². The van der Waals surface area contributed by atoms with Gasteiger partial charge in [0.25, 0.3) is 0 Å². The van der Waals surface area contributed by atoms with Gasteiger partial charge in [0.1, 0.15) is 36.3 Å². The van der Waals surface area contributed by atoms with Gasteiger partial charge in [-0.3, -0.25) is 4.79 Å². The van der Waals surface area contributed by atoms with E-state index in [1.807, 2.05) is 24.3 Å². The second kappa shape index (κ2) is 12.4. The molecule has 0 radical (unpaired) electrons.